The van der Waals surface area contributed by atoms with Crippen LogP contribution in [0.1, 0.15) is 19.3 Å². The topological polar surface area (TPSA) is 44.1 Å². The molecule has 0 N–H and O–H groups in total. The van der Waals surface area contributed by atoms with Gasteiger partial charge in [0.15, 0.2) is 0 Å². The maximum atomic E-state index is 12.4. The molecule has 1 aromatic carbocycles. The van der Waals surface area contributed by atoms with Crippen LogP contribution in [-0.2, 0) is 11.3 Å². The molecular formula is C14H15ClN2O2. The Morgan fingerprint density at radius 2 is 2.32 bits per heavy atom. The van der Waals surface area contributed by atoms with Gasteiger partial charge in [0.25, 0.3) is 5.56 Å². The van der Waals surface area contributed by atoms with Crippen molar-refractivity contribution in [2.45, 2.75) is 31.9 Å². The van der Waals surface area contributed by atoms with Gasteiger partial charge in [0.05, 0.1) is 34.9 Å². The summed E-state index contributed by atoms with van der Waals surface area (Å²) in [5.74, 6) is 0. The molecule has 1 unspecified atom stereocenters. The molecule has 0 spiro atoms. The molecule has 3 rings (SSSR count). The molecule has 0 radical (unpaired) electrons. The Hall–Kier alpha value is -1.39. The third-order valence-corrected chi connectivity index (χ3v) is 3.79. The predicted octanol–water partition coefficient (Wildman–Crippen LogP) is 2.62. The molecular weight excluding hydrogens is 264 g/mol. The van der Waals surface area contributed by atoms with Crippen molar-refractivity contribution in [3.05, 3.63) is 39.9 Å². The first kappa shape index (κ1) is 12.6. The minimum atomic E-state index is -0.0928. The van der Waals surface area contributed by atoms with Crippen LogP contribution in [-0.4, -0.2) is 22.3 Å². The SMILES string of the molecule is O=c1c2c(Cl)cccc2ncn1CC1CCCCO1. The van der Waals surface area contributed by atoms with E-state index in [1.54, 1.807) is 29.1 Å². The average molecular weight is 279 g/mol. The van der Waals surface area contributed by atoms with E-state index in [0.717, 1.165) is 25.9 Å². The lowest BCUT2D eigenvalue weighted by molar-refractivity contribution is 0.00535. The molecule has 2 heterocycles. The van der Waals surface area contributed by atoms with E-state index in [9.17, 15) is 4.79 Å². The van der Waals surface area contributed by atoms with E-state index in [2.05, 4.69) is 4.98 Å². The number of fused-ring (bicyclic) bond motifs is 1. The Labute approximate surface area is 116 Å². The molecule has 1 fully saturated rings. The maximum absolute atomic E-state index is 12.4. The van der Waals surface area contributed by atoms with Gasteiger partial charge in [0.2, 0.25) is 0 Å². The summed E-state index contributed by atoms with van der Waals surface area (Å²) in [4.78, 5) is 16.7. The predicted molar refractivity (Wildman–Crippen MR) is 74.6 cm³/mol. The highest BCUT2D eigenvalue weighted by atomic mass is 35.5. The number of rotatable bonds is 2. The Balaban J connectivity index is 1.98. The van der Waals surface area contributed by atoms with Crippen molar-refractivity contribution in [2.24, 2.45) is 0 Å². The zero-order valence-electron chi connectivity index (χ0n) is 10.5. The van der Waals surface area contributed by atoms with Gasteiger partial charge in [-0.2, -0.15) is 0 Å². The van der Waals surface area contributed by atoms with Crippen molar-refractivity contribution < 1.29 is 4.74 Å². The summed E-state index contributed by atoms with van der Waals surface area (Å²) in [5.41, 5.74) is 0.545. The standard InChI is InChI=1S/C14H15ClN2O2/c15-11-5-3-6-12-13(11)14(18)17(9-16-12)8-10-4-1-2-7-19-10/h3,5-6,9-10H,1-2,4,7-8H2. The zero-order valence-corrected chi connectivity index (χ0v) is 11.3. The Bertz CT molecular complexity index is 647. The van der Waals surface area contributed by atoms with Gasteiger partial charge in [-0.05, 0) is 31.4 Å². The highest BCUT2D eigenvalue weighted by Gasteiger charge is 2.16. The van der Waals surface area contributed by atoms with Gasteiger partial charge in [-0.1, -0.05) is 17.7 Å². The molecule has 100 valence electrons. The molecule has 1 aliphatic heterocycles. The van der Waals surface area contributed by atoms with Gasteiger partial charge < -0.3 is 4.74 Å². The highest BCUT2D eigenvalue weighted by molar-refractivity contribution is 6.35. The summed E-state index contributed by atoms with van der Waals surface area (Å²) in [6.45, 7) is 1.33. The first-order valence-electron chi connectivity index (χ1n) is 6.51. The van der Waals surface area contributed by atoms with Crippen LogP contribution >= 0.6 is 11.6 Å². The molecule has 1 atom stereocenters. The minimum absolute atomic E-state index is 0.0928. The molecule has 1 saturated heterocycles. The quantitative estimate of drug-likeness (QED) is 0.848. The summed E-state index contributed by atoms with van der Waals surface area (Å²) < 4.78 is 7.26. The van der Waals surface area contributed by atoms with E-state index in [1.807, 2.05) is 0 Å². The van der Waals surface area contributed by atoms with Gasteiger partial charge in [0.1, 0.15) is 0 Å². The van der Waals surface area contributed by atoms with Crippen molar-refractivity contribution in [3.8, 4) is 0 Å². The number of ether oxygens (including phenoxy) is 1. The Morgan fingerprint density at radius 3 is 3.11 bits per heavy atom. The lowest BCUT2D eigenvalue weighted by Crippen LogP contribution is -2.30. The van der Waals surface area contributed by atoms with Gasteiger partial charge in [-0.15, -0.1) is 0 Å². The van der Waals surface area contributed by atoms with Crippen LogP contribution in [0, 0.1) is 0 Å². The number of aromatic nitrogens is 2. The normalized spacial score (nSPS) is 19.7. The van der Waals surface area contributed by atoms with E-state index in [4.69, 9.17) is 16.3 Å². The van der Waals surface area contributed by atoms with Crippen LogP contribution in [0.2, 0.25) is 5.02 Å². The summed E-state index contributed by atoms with van der Waals surface area (Å²) in [6.07, 6.45) is 4.94. The summed E-state index contributed by atoms with van der Waals surface area (Å²) >= 11 is 6.09. The number of nitrogens with zero attached hydrogens (tertiary/aromatic N) is 2. The third-order valence-electron chi connectivity index (χ3n) is 3.48. The first-order valence-corrected chi connectivity index (χ1v) is 6.89. The monoisotopic (exact) mass is 278 g/mol. The van der Waals surface area contributed by atoms with Crippen molar-refractivity contribution in [3.63, 3.8) is 0 Å². The van der Waals surface area contributed by atoms with E-state index < -0.39 is 0 Å². The number of hydrogen-bond donors (Lipinski definition) is 0. The van der Waals surface area contributed by atoms with Gasteiger partial charge in [-0.25, -0.2) is 4.98 Å². The second-order valence-electron chi connectivity index (χ2n) is 4.82. The molecule has 1 aliphatic rings. The van der Waals surface area contributed by atoms with Crippen LogP contribution in [0.15, 0.2) is 29.3 Å². The second-order valence-corrected chi connectivity index (χ2v) is 5.23. The number of halogens is 1. The molecule has 0 aliphatic carbocycles. The molecule has 0 amide bonds. The Kier molecular flexibility index (Phi) is 3.53. The summed E-state index contributed by atoms with van der Waals surface area (Å²) in [7, 11) is 0. The van der Waals surface area contributed by atoms with E-state index in [-0.39, 0.29) is 11.7 Å². The average Bonchev–Trinajstić information content (AvgIpc) is 2.43. The molecule has 4 nitrogen and oxygen atoms in total. The van der Waals surface area contributed by atoms with Crippen molar-refractivity contribution in [1.29, 1.82) is 0 Å². The fourth-order valence-corrected chi connectivity index (χ4v) is 2.71. The molecule has 1 aromatic heterocycles. The number of benzene rings is 1. The van der Waals surface area contributed by atoms with Crippen molar-refractivity contribution in [2.75, 3.05) is 6.61 Å². The smallest absolute Gasteiger partial charge is 0.262 e. The second kappa shape index (κ2) is 5.31. The van der Waals surface area contributed by atoms with Gasteiger partial charge >= 0.3 is 0 Å². The van der Waals surface area contributed by atoms with Crippen LogP contribution in [0.25, 0.3) is 10.9 Å². The van der Waals surface area contributed by atoms with Gasteiger partial charge in [0, 0.05) is 6.61 Å². The van der Waals surface area contributed by atoms with E-state index in [0.29, 0.717) is 22.5 Å². The Morgan fingerprint density at radius 1 is 1.42 bits per heavy atom. The molecule has 0 bridgehead atoms. The summed E-state index contributed by atoms with van der Waals surface area (Å²) in [6, 6.07) is 5.31. The lowest BCUT2D eigenvalue weighted by atomic mass is 10.1. The first-order chi connectivity index (χ1) is 9.25. The van der Waals surface area contributed by atoms with Crippen molar-refractivity contribution >= 4 is 22.5 Å². The fraction of sp³-hybridized carbons (Fsp3) is 0.429. The molecule has 19 heavy (non-hydrogen) atoms. The highest BCUT2D eigenvalue weighted by Crippen LogP contribution is 2.18. The van der Waals surface area contributed by atoms with E-state index in [1.165, 1.54) is 0 Å². The molecule has 2 aromatic rings. The fourth-order valence-electron chi connectivity index (χ4n) is 2.46. The van der Waals surface area contributed by atoms with Crippen LogP contribution in [0.5, 0.6) is 0 Å². The van der Waals surface area contributed by atoms with Crippen LogP contribution in [0.4, 0.5) is 0 Å². The number of hydrogen-bond acceptors (Lipinski definition) is 3. The van der Waals surface area contributed by atoms with Crippen molar-refractivity contribution in [1.82, 2.24) is 9.55 Å². The van der Waals surface area contributed by atoms with Gasteiger partial charge in [-0.3, -0.25) is 9.36 Å². The van der Waals surface area contributed by atoms with Crippen LogP contribution < -0.4 is 5.56 Å². The van der Waals surface area contributed by atoms with E-state index >= 15 is 0 Å². The minimum Gasteiger partial charge on any atom is -0.376 e. The molecule has 5 heteroatoms. The van der Waals surface area contributed by atoms with Crippen LogP contribution in [0.3, 0.4) is 0 Å². The third kappa shape index (κ3) is 2.51. The maximum Gasteiger partial charge on any atom is 0.262 e. The molecule has 0 saturated carbocycles. The lowest BCUT2D eigenvalue weighted by Gasteiger charge is -2.23. The largest absolute Gasteiger partial charge is 0.376 e. The zero-order chi connectivity index (χ0) is 13.2. The summed E-state index contributed by atoms with van der Waals surface area (Å²) in [5, 5.41) is 0.941.